The van der Waals surface area contributed by atoms with Crippen molar-refractivity contribution in [3.05, 3.63) is 42.5 Å². The number of amides is 3. The van der Waals surface area contributed by atoms with Gasteiger partial charge in [-0.3, -0.25) is 9.69 Å². The molecule has 0 spiro atoms. The molecule has 4 nitrogen and oxygen atoms in total. The third-order valence-corrected chi connectivity index (χ3v) is 4.22. The van der Waals surface area contributed by atoms with E-state index in [-0.39, 0.29) is 18.5 Å². The third-order valence-electron chi connectivity index (χ3n) is 3.24. The number of carbonyl (C=O) groups is 2. The molecular weight excluding hydrogens is 272 g/mol. The number of hydrogen-bond acceptors (Lipinski definition) is 3. The first kappa shape index (κ1) is 13.0. The van der Waals surface area contributed by atoms with Crippen molar-refractivity contribution in [2.75, 3.05) is 18.8 Å². The summed E-state index contributed by atoms with van der Waals surface area (Å²) in [5.41, 5.74) is 0. The van der Waals surface area contributed by atoms with Crippen molar-refractivity contribution < 1.29 is 9.59 Å². The molecule has 0 aromatic heterocycles. The molecule has 1 N–H and O–H groups in total. The van der Waals surface area contributed by atoms with Crippen LogP contribution in [0.5, 0.6) is 0 Å². The van der Waals surface area contributed by atoms with Crippen LogP contribution in [0.2, 0.25) is 0 Å². The molecule has 20 heavy (non-hydrogen) atoms. The Balaban J connectivity index is 1.62. The van der Waals surface area contributed by atoms with E-state index in [1.807, 2.05) is 12.1 Å². The number of rotatable bonds is 4. The first-order valence-corrected chi connectivity index (χ1v) is 7.42. The number of imide groups is 1. The molecule has 3 rings (SSSR count). The second-order valence-corrected chi connectivity index (χ2v) is 5.73. The average Bonchev–Trinajstić information content (AvgIpc) is 2.79. The van der Waals surface area contributed by atoms with E-state index in [4.69, 9.17) is 0 Å². The minimum absolute atomic E-state index is 0.124. The van der Waals surface area contributed by atoms with Crippen molar-refractivity contribution in [1.29, 1.82) is 0 Å². The highest BCUT2D eigenvalue weighted by atomic mass is 32.2. The van der Waals surface area contributed by atoms with Crippen LogP contribution in [0.3, 0.4) is 0 Å². The quantitative estimate of drug-likeness (QED) is 0.694. The van der Waals surface area contributed by atoms with Crippen LogP contribution in [0.15, 0.2) is 47.4 Å². The summed E-state index contributed by atoms with van der Waals surface area (Å²) in [5.74, 6) is 0.562. The Morgan fingerprint density at radius 2 is 1.90 bits per heavy atom. The maximum Gasteiger partial charge on any atom is 0.324 e. The third kappa shape index (κ3) is 2.63. The maximum atomic E-state index is 11.4. The standard InChI is InChI=1S/C15H14N2O2S/c18-14-10-16-15(19)17(14)7-8-20-13-6-5-11-3-1-2-4-12(11)9-13/h1-6,9H,7-8,10H2,(H,16,19). The topological polar surface area (TPSA) is 49.4 Å². The lowest BCUT2D eigenvalue weighted by molar-refractivity contribution is -0.124. The fraction of sp³-hybridized carbons (Fsp3) is 0.200. The van der Waals surface area contributed by atoms with E-state index in [2.05, 4.69) is 35.6 Å². The van der Waals surface area contributed by atoms with Crippen molar-refractivity contribution in [3.8, 4) is 0 Å². The van der Waals surface area contributed by atoms with Gasteiger partial charge in [0.2, 0.25) is 5.91 Å². The zero-order valence-corrected chi connectivity index (χ0v) is 11.7. The summed E-state index contributed by atoms with van der Waals surface area (Å²) in [4.78, 5) is 25.2. The highest BCUT2D eigenvalue weighted by Gasteiger charge is 2.27. The Hall–Kier alpha value is -2.01. The van der Waals surface area contributed by atoms with Crippen molar-refractivity contribution in [3.63, 3.8) is 0 Å². The van der Waals surface area contributed by atoms with E-state index in [1.165, 1.54) is 15.7 Å². The fourth-order valence-electron chi connectivity index (χ4n) is 2.19. The van der Waals surface area contributed by atoms with Gasteiger partial charge in [0.05, 0.1) is 6.54 Å². The maximum absolute atomic E-state index is 11.4. The molecule has 0 unspecified atom stereocenters. The number of fused-ring (bicyclic) bond motifs is 1. The van der Waals surface area contributed by atoms with Crippen LogP contribution in [0.25, 0.3) is 10.8 Å². The lowest BCUT2D eigenvalue weighted by atomic mass is 10.1. The van der Waals surface area contributed by atoms with E-state index in [0.717, 1.165) is 4.90 Å². The van der Waals surface area contributed by atoms with Gasteiger partial charge in [0.15, 0.2) is 0 Å². The highest BCUT2D eigenvalue weighted by Crippen LogP contribution is 2.23. The Labute approximate surface area is 121 Å². The number of nitrogens with zero attached hydrogens (tertiary/aromatic N) is 1. The number of benzene rings is 2. The van der Waals surface area contributed by atoms with Gasteiger partial charge in [-0.05, 0) is 22.9 Å². The number of thioether (sulfide) groups is 1. The average molecular weight is 286 g/mol. The molecule has 0 saturated carbocycles. The Morgan fingerprint density at radius 3 is 2.65 bits per heavy atom. The second kappa shape index (κ2) is 5.54. The van der Waals surface area contributed by atoms with Crippen LogP contribution >= 0.6 is 11.8 Å². The number of carbonyl (C=O) groups excluding carboxylic acids is 2. The van der Waals surface area contributed by atoms with Crippen LogP contribution in [0.1, 0.15) is 0 Å². The Kier molecular flexibility index (Phi) is 3.60. The number of nitrogens with one attached hydrogen (secondary N) is 1. The molecule has 1 saturated heterocycles. The Bertz CT molecular complexity index is 656. The Morgan fingerprint density at radius 1 is 1.10 bits per heavy atom. The van der Waals surface area contributed by atoms with Crippen molar-refractivity contribution in [2.45, 2.75) is 4.90 Å². The van der Waals surface area contributed by atoms with Crippen LogP contribution < -0.4 is 5.32 Å². The molecular formula is C15H14N2O2S. The van der Waals surface area contributed by atoms with Crippen LogP contribution in [0, 0.1) is 0 Å². The van der Waals surface area contributed by atoms with E-state index in [1.54, 1.807) is 11.8 Å². The summed E-state index contributed by atoms with van der Waals surface area (Å²) >= 11 is 1.65. The largest absolute Gasteiger partial charge is 0.329 e. The van der Waals surface area contributed by atoms with Gasteiger partial charge in [-0.25, -0.2) is 4.79 Å². The van der Waals surface area contributed by atoms with Crippen molar-refractivity contribution in [1.82, 2.24) is 10.2 Å². The first-order valence-electron chi connectivity index (χ1n) is 6.44. The normalized spacial score (nSPS) is 14.9. The zero-order valence-electron chi connectivity index (χ0n) is 10.8. The predicted octanol–water partition coefficient (Wildman–Crippen LogP) is 2.48. The van der Waals surface area contributed by atoms with Gasteiger partial charge in [-0.2, -0.15) is 0 Å². The van der Waals surface area contributed by atoms with Gasteiger partial charge in [-0.15, -0.1) is 11.8 Å². The molecule has 0 radical (unpaired) electrons. The molecule has 0 bridgehead atoms. The molecule has 0 atom stereocenters. The summed E-state index contributed by atoms with van der Waals surface area (Å²) < 4.78 is 0. The molecule has 1 aliphatic heterocycles. The van der Waals surface area contributed by atoms with E-state index >= 15 is 0 Å². The summed E-state index contributed by atoms with van der Waals surface area (Å²) in [5, 5.41) is 4.94. The molecule has 1 aliphatic rings. The van der Waals surface area contributed by atoms with Crippen LogP contribution in [-0.4, -0.2) is 35.7 Å². The molecule has 2 aromatic carbocycles. The first-order chi connectivity index (χ1) is 9.74. The molecule has 1 fully saturated rings. The molecule has 3 amide bonds. The fourth-order valence-corrected chi connectivity index (χ4v) is 3.08. The van der Waals surface area contributed by atoms with Crippen molar-refractivity contribution >= 4 is 34.5 Å². The minimum atomic E-state index is -0.283. The van der Waals surface area contributed by atoms with E-state index in [0.29, 0.717) is 12.3 Å². The molecule has 102 valence electrons. The predicted molar refractivity (Wildman–Crippen MR) is 79.8 cm³/mol. The summed E-state index contributed by atoms with van der Waals surface area (Å²) in [7, 11) is 0. The van der Waals surface area contributed by atoms with Gasteiger partial charge in [0.1, 0.15) is 0 Å². The number of urea groups is 1. The smallest absolute Gasteiger partial charge is 0.324 e. The lowest BCUT2D eigenvalue weighted by Gasteiger charge is -2.11. The minimum Gasteiger partial charge on any atom is -0.329 e. The highest BCUT2D eigenvalue weighted by molar-refractivity contribution is 7.99. The van der Waals surface area contributed by atoms with Crippen LogP contribution in [0.4, 0.5) is 4.79 Å². The molecule has 5 heteroatoms. The molecule has 1 heterocycles. The number of hydrogen-bond donors (Lipinski definition) is 1. The van der Waals surface area contributed by atoms with Gasteiger partial charge < -0.3 is 5.32 Å². The van der Waals surface area contributed by atoms with E-state index in [9.17, 15) is 9.59 Å². The second-order valence-electron chi connectivity index (χ2n) is 4.56. The lowest BCUT2D eigenvalue weighted by Crippen LogP contribution is -2.32. The summed E-state index contributed by atoms with van der Waals surface area (Å²) in [6.07, 6.45) is 0. The summed E-state index contributed by atoms with van der Waals surface area (Å²) in [6.45, 7) is 0.571. The van der Waals surface area contributed by atoms with Gasteiger partial charge in [0.25, 0.3) is 0 Å². The van der Waals surface area contributed by atoms with Gasteiger partial charge in [-0.1, -0.05) is 30.3 Å². The molecule has 2 aromatic rings. The monoisotopic (exact) mass is 286 g/mol. The molecule has 0 aliphatic carbocycles. The van der Waals surface area contributed by atoms with E-state index < -0.39 is 0 Å². The van der Waals surface area contributed by atoms with Crippen LogP contribution in [-0.2, 0) is 4.79 Å². The zero-order chi connectivity index (χ0) is 13.9. The SMILES string of the molecule is O=C1CNC(=O)N1CCSc1ccc2ccccc2c1. The van der Waals surface area contributed by atoms with Gasteiger partial charge in [0, 0.05) is 17.2 Å². The van der Waals surface area contributed by atoms with Crippen molar-refractivity contribution in [2.24, 2.45) is 0 Å². The van der Waals surface area contributed by atoms with Gasteiger partial charge >= 0.3 is 6.03 Å². The summed E-state index contributed by atoms with van der Waals surface area (Å²) in [6, 6.07) is 14.2.